The fraction of sp³-hybridized carbons (Fsp3) is 0.235. The van der Waals surface area contributed by atoms with E-state index >= 15 is 0 Å². The zero-order valence-electron chi connectivity index (χ0n) is 13.5. The van der Waals surface area contributed by atoms with E-state index in [0.29, 0.717) is 12.3 Å². The van der Waals surface area contributed by atoms with E-state index in [1.54, 1.807) is 17.5 Å². The number of rotatable bonds is 6. The molecule has 0 aliphatic heterocycles. The van der Waals surface area contributed by atoms with Crippen LogP contribution in [0.15, 0.2) is 47.2 Å². The number of thioether (sulfide) groups is 1. The summed E-state index contributed by atoms with van der Waals surface area (Å²) in [6, 6.07) is 8.12. The van der Waals surface area contributed by atoms with Gasteiger partial charge < -0.3 is 5.32 Å². The topological polar surface area (TPSA) is 59.8 Å². The first-order chi connectivity index (χ1) is 11.6. The van der Waals surface area contributed by atoms with Crippen molar-refractivity contribution in [2.75, 3.05) is 5.75 Å². The number of carbonyl (C=O) groups is 1. The highest BCUT2D eigenvalue weighted by atomic mass is 32.2. The molecule has 0 unspecified atom stereocenters. The number of thiazole rings is 1. The van der Waals surface area contributed by atoms with Gasteiger partial charge in [-0.15, -0.1) is 11.3 Å². The van der Waals surface area contributed by atoms with Gasteiger partial charge in [0.2, 0.25) is 5.91 Å². The first-order valence-electron chi connectivity index (χ1n) is 7.53. The zero-order valence-corrected chi connectivity index (χ0v) is 15.2. The average Bonchev–Trinajstić information content (AvgIpc) is 3.20. The molecule has 1 amide bonds. The van der Waals surface area contributed by atoms with Gasteiger partial charge in [0.05, 0.1) is 18.0 Å². The van der Waals surface area contributed by atoms with Crippen LogP contribution >= 0.6 is 23.1 Å². The third-order valence-corrected chi connectivity index (χ3v) is 5.35. The number of benzene rings is 1. The summed E-state index contributed by atoms with van der Waals surface area (Å²) < 4.78 is 2.01. The van der Waals surface area contributed by atoms with Crippen molar-refractivity contribution in [2.24, 2.45) is 0 Å². The molecule has 0 atom stereocenters. The van der Waals surface area contributed by atoms with Gasteiger partial charge in [-0.2, -0.15) is 0 Å². The second kappa shape index (κ2) is 7.63. The maximum atomic E-state index is 12.0. The number of para-hydroxylation sites is 1. The largest absolute Gasteiger partial charge is 0.349 e. The molecule has 24 heavy (non-hydrogen) atoms. The maximum Gasteiger partial charge on any atom is 0.230 e. The van der Waals surface area contributed by atoms with E-state index in [4.69, 9.17) is 0 Å². The van der Waals surface area contributed by atoms with Crippen molar-refractivity contribution < 1.29 is 4.79 Å². The van der Waals surface area contributed by atoms with Gasteiger partial charge >= 0.3 is 0 Å². The van der Waals surface area contributed by atoms with E-state index < -0.39 is 0 Å². The second-order valence-electron chi connectivity index (χ2n) is 5.31. The second-order valence-corrected chi connectivity index (χ2v) is 7.20. The quantitative estimate of drug-likeness (QED) is 0.687. The molecule has 0 radical (unpaired) electrons. The lowest BCUT2D eigenvalue weighted by molar-refractivity contribution is -0.118. The molecule has 0 saturated heterocycles. The predicted octanol–water partition coefficient (Wildman–Crippen LogP) is 3.35. The van der Waals surface area contributed by atoms with Crippen molar-refractivity contribution in [1.29, 1.82) is 0 Å². The van der Waals surface area contributed by atoms with E-state index in [-0.39, 0.29) is 5.91 Å². The normalized spacial score (nSPS) is 10.8. The lowest BCUT2D eigenvalue weighted by atomic mass is 10.2. The summed E-state index contributed by atoms with van der Waals surface area (Å²) in [5.74, 6) is 0.306. The fourth-order valence-corrected chi connectivity index (χ4v) is 3.76. The molecule has 0 aliphatic rings. The van der Waals surface area contributed by atoms with Crippen LogP contribution in [0.3, 0.4) is 0 Å². The maximum absolute atomic E-state index is 12.0. The van der Waals surface area contributed by atoms with Crippen LogP contribution in [0.25, 0.3) is 5.69 Å². The highest BCUT2D eigenvalue weighted by Crippen LogP contribution is 2.22. The van der Waals surface area contributed by atoms with Crippen molar-refractivity contribution in [3.63, 3.8) is 0 Å². The fourth-order valence-electron chi connectivity index (χ4n) is 2.25. The molecule has 5 nitrogen and oxygen atoms in total. The lowest BCUT2D eigenvalue weighted by Gasteiger charge is -2.10. The van der Waals surface area contributed by atoms with Crippen LogP contribution in [0.1, 0.15) is 16.3 Å². The Bertz CT molecular complexity index is 840. The summed E-state index contributed by atoms with van der Waals surface area (Å²) >= 11 is 2.99. The van der Waals surface area contributed by atoms with Crippen molar-refractivity contribution >= 4 is 29.0 Å². The minimum atomic E-state index is -0.0211. The number of hydrogen-bond acceptors (Lipinski definition) is 5. The van der Waals surface area contributed by atoms with Crippen molar-refractivity contribution in [2.45, 2.75) is 25.5 Å². The Morgan fingerprint density at radius 1 is 1.33 bits per heavy atom. The van der Waals surface area contributed by atoms with Crippen LogP contribution in [0, 0.1) is 13.8 Å². The van der Waals surface area contributed by atoms with E-state index in [1.807, 2.05) is 41.3 Å². The molecule has 3 rings (SSSR count). The molecule has 7 heteroatoms. The molecule has 0 fully saturated rings. The Morgan fingerprint density at radius 2 is 2.17 bits per heavy atom. The molecule has 124 valence electrons. The van der Waals surface area contributed by atoms with E-state index in [1.165, 1.54) is 17.3 Å². The first kappa shape index (κ1) is 16.7. The third kappa shape index (κ3) is 4.04. The lowest BCUT2D eigenvalue weighted by Crippen LogP contribution is -2.24. The average molecular weight is 358 g/mol. The van der Waals surface area contributed by atoms with E-state index in [2.05, 4.69) is 28.3 Å². The van der Waals surface area contributed by atoms with E-state index in [9.17, 15) is 4.79 Å². The van der Waals surface area contributed by atoms with Gasteiger partial charge in [-0.05, 0) is 25.5 Å². The SMILES string of the molecule is Cc1csc(CNC(=O)CSc2nccn2-c2ccccc2C)n1. The molecule has 2 heterocycles. The monoisotopic (exact) mass is 358 g/mol. The number of nitrogens with one attached hydrogen (secondary N) is 1. The van der Waals surface area contributed by atoms with Crippen LogP contribution in [0.5, 0.6) is 0 Å². The first-order valence-corrected chi connectivity index (χ1v) is 9.40. The minimum absolute atomic E-state index is 0.0211. The smallest absolute Gasteiger partial charge is 0.230 e. The number of imidazole rings is 1. The van der Waals surface area contributed by atoms with Crippen molar-refractivity contribution in [1.82, 2.24) is 19.9 Å². The van der Waals surface area contributed by atoms with Crippen molar-refractivity contribution in [3.8, 4) is 5.69 Å². The summed E-state index contributed by atoms with van der Waals surface area (Å²) in [5, 5.41) is 6.61. The minimum Gasteiger partial charge on any atom is -0.349 e. The van der Waals surface area contributed by atoms with Gasteiger partial charge in [-0.25, -0.2) is 9.97 Å². The van der Waals surface area contributed by atoms with Crippen LogP contribution in [0.4, 0.5) is 0 Å². The number of amides is 1. The summed E-state index contributed by atoms with van der Waals surface area (Å²) in [7, 11) is 0. The van der Waals surface area contributed by atoms with Crippen molar-refractivity contribution in [3.05, 3.63) is 58.3 Å². The number of aryl methyl sites for hydroxylation is 2. The van der Waals surface area contributed by atoms with Crippen LogP contribution in [-0.2, 0) is 11.3 Å². The molecular weight excluding hydrogens is 340 g/mol. The Hall–Kier alpha value is -2.12. The Labute approximate surface area is 149 Å². The highest BCUT2D eigenvalue weighted by molar-refractivity contribution is 7.99. The molecule has 1 aromatic carbocycles. The Balaban J connectivity index is 1.58. The number of nitrogens with zero attached hydrogens (tertiary/aromatic N) is 3. The van der Waals surface area contributed by atoms with Crippen LogP contribution < -0.4 is 5.32 Å². The molecule has 3 aromatic rings. The number of hydrogen-bond donors (Lipinski definition) is 1. The van der Waals surface area contributed by atoms with E-state index in [0.717, 1.165) is 21.5 Å². The van der Waals surface area contributed by atoms with Gasteiger partial charge in [0, 0.05) is 23.5 Å². The molecule has 0 saturated carbocycles. The molecule has 0 aliphatic carbocycles. The number of carbonyl (C=O) groups excluding carboxylic acids is 1. The molecule has 0 bridgehead atoms. The third-order valence-electron chi connectivity index (χ3n) is 3.42. The summed E-state index contributed by atoms with van der Waals surface area (Å²) in [5.41, 5.74) is 3.23. The van der Waals surface area contributed by atoms with Gasteiger partial charge in [0.25, 0.3) is 0 Å². The standard InChI is InChI=1S/C17H18N4OS2/c1-12-5-3-4-6-14(12)21-8-7-18-17(21)24-11-15(22)19-9-16-20-13(2)10-23-16/h3-8,10H,9,11H2,1-2H3,(H,19,22). The highest BCUT2D eigenvalue weighted by Gasteiger charge is 2.10. The molecule has 1 N–H and O–H groups in total. The summed E-state index contributed by atoms with van der Waals surface area (Å²) in [4.78, 5) is 20.7. The van der Waals surface area contributed by atoms with Gasteiger partial charge in [0.1, 0.15) is 5.01 Å². The van der Waals surface area contributed by atoms with Crippen LogP contribution in [-0.4, -0.2) is 26.2 Å². The summed E-state index contributed by atoms with van der Waals surface area (Å²) in [6.07, 6.45) is 3.67. The molecule has 0 spiro atoms. The van der Waals surface area contributed by atoms with Gasteiger partial charge in [-0.3, -0.25) is 9.36 Å². The summed E-state index contributed by atoms with van der Waals surface area (Å²) in [6.45, 7) is 4.49. The van der Waals surface area contributed by atoms with Gasteiger partial charge in [0.15, 0.2) is 5.16 Å². The zero-order chi connectivity index (χ0) is 16.9. The predicted molar refractivity (Wildman–Crippen MR) is 97.7 cm³/mol. The van der Waals surface area contributed by atoms with Crippen LogP contribution in [0.2, 0.25) is 0 Å². The molecular formula is C17H18N4OS2. The molecule has 2 aromatic heterocycles. The Kier molecular flexibility index (Phi) is 5.32. The van der Waals surface area contributed by atoms with Gasteiger partial charge in [-0.1, -0.05) is 30.0 Å². The number of aromatic nitrogens is 3. The Morgan fingerprint density at radius 3 is 2.92 bits per heavy atom.